The van der Waals surface area contributed by atoms with Crippen LogP contribution in [0.4, 0.5) is 0 Å². The number of carboxylic acids is 1. The zero-order valence-electron chi connectivity index (χ0n) is 10.9. The van der Waals surface area contributed by atoms with Gasteiger partial charge in [-0.05, 0) is 18.1 Å². The molecule has 0 radical (unpaired) electrons. The normalized spacial score (nSPS) is 12.1. The molecule has 1 atom stereocenters. The number of carbonyl (C=O) groups is 1. The maximum Gasteiger partial charge on any atom is 0.310 e. The summed E-state index contributed by atoms with van der Waals surface area (Å²) in [5.41, 5.74) is 0.846. The largest absolute Gasteiger partial charge is 0.481 e. The van der Waals surface area contributed by atoms with Gasteiger partial charge in [0.2, 0.25) is 0 Å². The van der Waals surface area contributed by atoms with Gasteiger partial charge in [-0.3, -0.25) is 19.5 Å². The molecule has 1 aromatic heterocycles. The van der Waals surface area contributed by atoms with Gasteiger partial charge in [0, 0.05) is 12.1 Å². The Morgan fingerprint density at radius 1 is 1.20 bits per heavy atom. The van der Waals surface area contributed by atoms with E-state index >= 15 is 0 Å². The molecular weight excluding hydrogens is 260 g/mol. The quantitative estimate of drug-likeness (QED) is 0.861. The number of aromatic amines is 1. The Hall–Kier alpha value is -2.63. The second kappa shape index (κ2) is 5.56. The van der Waals surface area contributed by atoms with Crippen LogP contribution >= 0.6 is 0 Å². The van der Waals surface area contributed by atoms with Gasteiger partial charge in [0.1, 0.15) is 0 Å². The molecule has 6 nitrogen and oxygen atoms in total. The van der Waals surface area contributed by atoms with Gasteiger partial charge < -0.3 is 5.11 Å². The summed E-state index contributed by atoms with van der Waals surface area (Å²) in [7, 11) is 0. The van der Waals surface area contributed by atoms with E-state index in [9.17, 15) is 14.4 Å². The molecule has 20 heavy (non-hydrogen) atoms. The molecule has 1 aromatic carbocycles. The van der Waals surface area contributed by atoms with Gasteiger partial charge in [0.25, 0.3) is 11.1 Å². The molecule has 2 rings (SSSR count). The van der Waals surface area contributed by atoms with E-state index in [4.69, 9.17) is 5.11 Å². The first kappa shape index (κ1) is 13.8. The van der Waals surface area contributed by atoms with Crippen molar-refractivity contribution in [3.05, 3.63) is 68.2 Å². The fourth-order valence-corrected chi connectivity index (χ4v) is 1.82. The van der Waals surface area contributed by atoms with Crippen molar-refractivity contribution in [3.63, 3.8) is 0 Å². The molecule has 0 fully saturated rings. The first-order chi connectivity index (χ1) is 9.47. The van der Waals surface area contributed by atoms with Crippen LogP contribution < -0.4 is 11.1 Å². The van der Waals surface area contributed by atoms with Gasteiger partial charge >= 0.3 is 5.97 Å². The number of nitrogens with one attached hydrogen (secondary N) is 1. The Kier molecular flexibility index (Phi) is 3.84. The highest BCUT2D eigenvalue weighted by Crippen LogP contribution is 2.16. The number of nitrogens with zero attached hydrogens (tertiary/aromatic N) is 1. The molecule has 0 spiro atoms. The van der Waals surface area contributed by atoms with Crippen molar-refractivity contribution < 1.29 is 9.90 Å². The van der Waals surface area contributed by atoms with E-state index < -0.39 is 11.9 Å². The summed E-state index contributed by atoms with van der Waals surface area (Å²) < 4.78 is 1.21. The minimum Gasteiger partial charge on any atom is -0.481 e. The Balaban J connectivity index is 2.23. The van der Waals surface area contributed by atoms with Crippen LogP contribution in [0.2, 0.25) is 0 Å². The summed E-state index contributed by atoms with van der Waals surface area (Å²) in [5, 5.41) is 11.4. The monoisotopic (exact) mass is 274 g/mol. The Labute approximate surface area is 114 Å². The minimum absolute atomic E-state index is 0.233. The van der Waals surface area contributed by atoms with Gasteiger partial charge in [-0.15, -0.1) is 0 Å². The molecule has 1 unspecified atom stereocenters. The van der Waals surface area contributed by atoms with Crippen molar-refractivity contribution in [1.29, 1.82) is 0 Å². The maximum atomic E-state index is 11.6. The third-order valence-corrected chi connectivity index (χ3v) is 3.08. The van der Waals surface area contributed by atoms with Crippen molar-refractivity contribution in [2.75, 3.05) is 0 Å². The molecule has 2 N–H and O–H groups in total. The highest BCUT2D eigenvalue weighted by molar-refractivity contribution is 5.75. The number of hydrogen-bond acceptors (Lipinski definition) is 3. The van der Waals surface area contributed by atoms with E-state index in [2.05, 4.69) is 5.10 Å². The van der Waals surface area contributed by atoms with Crippen LogP contribution in [0.1, 0.15) is 24.0 Å². The van der Waals surface area contributed by atoms with E-state index in [0.717, 1.165) is 5.56 Å². The molecule has 0 aliphatic rings. The van der Waals surface area contributed by atoms with Crippen LogP contribution in [0.5, 0.6) is 0 Å². The van der Waals surface area contributed by atoms with E-state index in [1.165, 1.54) is 16.8 Å². The summed E-state index contributed by atoms with van der Waals surface area (Å²) in [4.78, 5) is 33.6. The predicted molar refractivity (Wildman–Crippen MR) is 72.9 cm³/mol. The molecule has 104 valence electrons. The van der Waals surface area contributed by atoms with Crippen LogP contribution in [0.15, 0.2) is 46.0 Å². The molecule has 6 heteroatoms. The molecule has 0 aliphatic carbocycles. The Bertz CT molecular complexity index is 728. The number of carboxylic acid groups (broad SMARTS) is 1. The number of aliphatic carboxylic acids is 1. The van der Waals surface area contributed by atoms with E-state index in [1.807, 2.05) is 0 Å². The van der Waals surface area contributed by atoms with Crippen molar-refractivity contribution >= 4 is 5.97 Å². The minimum atomic E-state index is -0.888. The number of benzene rings is 1. The number of hydrogen-bond donors (Lipinski definition) is 2. The topological polar surface area (TPSA) is 92.2 Å². The Morgan fingerprint density at radius 3 is 2.45 bits per heavy atom. The second-order valence-electron chi connectivity index (χ2n) is 4.54. The van der Waals surface area contributed by atoms with E-state index in [1.54, 1.807) is 31.2 Å². The van der Waals surface area contributed by atoms with Gasteiger partial charge in [-0.2, -0.15) is 0 Å². The summed E-state index contributed by atoms with van der Waals surface area (Å²) in [6.07, 6.45) is 0. The van der Waals surface area contributed by atoms with Crippen molar-refractivity contribution in [2.45, 2.75) is 19.4 Å². The average Bonchev–Trinajstić information content (AvgIpc) is 2.43. The third-order valence-electron chi connectivity index (χ3n) is 3.08. The smallest absolute Gasteiger partial charge is 0.310 e. The lowest BCUT2D eigenvalue weighted by atomic mass is 10.0. The fourth-order valence-electron chi connectivity index (χ4n) is 1.82. The summed E-state index contributed by atoms with van der Waals surface area (Å²) in [5.74, 6) is -1.47. The molecule has 0 saturated heterocycles. The number of H-pyrrole nitrogens is 1. The third kappa shape index (κ3) is 3.03. The lowest BCUT2D eigenvalue weighted by Crippen LogP contribution is -2.28. The van der Waals surface area contributed by atoms with Crippen molar-refractivity contribution in [1.82, 2.24) is 9.78 Å². The van der Waals surface area contributed by atoms with Crippen LogP contribution in [0.3, 0.4) is 0 Å². The molecule has 0 aliphatic heterocycles. The number of rotatable bonds is 4. The zero-order valence-corrected chi connectivity index (χ0v) is 10.9. The fraction of sp³-hybridized carbons (Fsp3) is 0.214. The first-order valence-corrected chi connectivity index (χ1v) is 6.09. The molecular formula is C14H14N2O4. The van der Waals surface area contributed by atoms with Crippen LogP contribution in [-0.4, -0.2) is 20.9 Å². The lowest BCUT2D eigenvalue weighted by Gasteiger charge is -2.09. The summed E-state index contributed by atoms with van der Waals surface area (Å²) >= 11 is 0. The predicted octanol–water partition coefficient (Wildman–Crippen LogP) is 0.773. The van der Waals surface area contributed by atoms with E-state index in [0.29, 0.717) is 5.56 Å². The van der Waals surface area contributed by atoms with Crippen molar-refractivity contribution in [3.8, 4) is 0 Å². The number of aromatic nitrogens is 2. The highest BCUT2D eigenvalue weighted by Gasteiger charge is 2.13. The first-order valence-electron chi connectivity index (χ1n) is 6.09. The molecule has 0 saturated carbocycles. The Morgan fingerprint density at radius 2 is 1.85 bits per heavy atom. The van der Waals surface area contributed by atoms with E-state index in [-0.39, 0.29) is 17.7 Å². The standard InChI is InChI=1S/C14H14N2O4/c1-9(14(19)20)11-4-2-10(3-5-11)8-16-13(18)7-6-12(17)15-16/h2-7,9H,8H2,1H3,(H,15,17)(H,19,20). The van der Waals surface area contributed by atoms with Crippen LogP contribution in [0.25, 0.3) is 0 Å². The SMILES string of the molecule is CC(C(=O)O)c1ccc(Cn2[nH]c(=O)ccc2=O)cc1. The molecule has 2 aromatic rings. The lowest BCUT2D eigenvalue weighted by molar-refractivity contribution is -0.138. The van der Waals surface area contributed by atoms with Gasteiger partial charge in [-0.25, -0.2) is 4.68 Å². The van der Waals surface area contributed by atoms with Crippen LogP contribution in [0, 0.1) is 0 Å². The maximum absolute atomic E-state index is 11.6. The summed E-state index contributed by atoms with van der Waals surface area (Å²) in [6.45, 7) is 1.84. The average molecular weight is 274 g/mol. The molecule has 0 bridgehead atoms. The second-order valence-corrected chi connectivity index (χ2v) is 4.54. The zero-order chi connectivity index (χ0) is 14.7. The van der Waals surface area contributed by atoms with Gasteiger partial charge in [0.15, 0.2) is 0 Å². The van der Waals surface area contributed by atoms with Crippen LogP contribution in [-0.2, 0) is 11.3 Å². The highest BCUT2D eigenvalue weighted by atomic mass is 16.4. The molecule has 0 amide bonds. The van der Waals surface area contributed by atoms with Gasteiger partial charge in [0.05, 0.1) is 12.5 Å². The molecule has 1 heterocycles. The van der Waals surface area contributed by atoms with Crippen molar-refractivity contribution in [2.24, 2.45) is 0 Å². The van der Waals surface area contributed by atoms with Gasteiger partial charge in [-0.1, -0.05) is 24.3 Å². The summed E-state index contributed by atoms with van der Waals surface area (Å²) in [6, 6.07) is 9.29.